The van der Waals surface area contributed by atoms with Crippen LogP contribution in [0.4, 0.5) is 0 Å². The third kappa shape index (κ3) is 4.45. The van der Waals surface area contributed by atoms with Gasteiger partial charge in [-0.2, -0.15) is 0 Å². The van der Waals surface area contributed by atoms with Crippen LogP contribution in [0.3, 0.4) is 0 Å². The van der Waals surface area contributed by atoms with E-state index in [1.807, 2.05) is 37.3 Å². The van der Waals surface area contributed by atoms with Gasteiger partial charge < -0.3 is 14.2 Å². The lowest BCUT2D eigenvalue weighted by atomic mass is 9.48. The highest BCUT2D eigenvalue weighted by molar-refractivity contribution is 5.79. The molecule has 4 aliphatic rings. The Labute approximate surface area is 196 Å². The normalized spacial score (nSPS) is 28.1. The molecule has 2 aromatic carbocycles. The Morgan fingerprint density at radius 2 is 1.73 bits per heavy atom. The highest BCUT2D eigenvalue weighted by atomic mass is 16.8. The molecule has 33 heavy (non-hydrogen) atoms. The highest BCUT2D eigenvalue weighted by Crippen LogP contribution is 2.62. The molecule has 4 aliphatic carbocycles. The van der Waals surface area contributed by atoms with E-state index in [0.717, 1.165) is 40.9 Å². The fourth-order valence-corrected chi connectivity index (χ4v) is 6.81. The molecule has 0 saturated heterocycles. The zero-order valence-electron chi connectivity index (χ0n) is 19.5. The van der Waals surface area contributed by atoms with Crippen LogP contribution in [0, 0.1) is 29.6 Å². The molecule has 0 N–H and O–H groups in total. The number of carbonyl (C=O) groups is 1. The molecule has 0 amide bonds. The average Bonchev–Trinajstić information content (AvgIpc) is 2.82. The zero-order valence-corrected chi connectivity index (χ0v) is 19.5. The van der Waals surface area contributed by atoms with Crippen LogP contribution in [0.1, 0.15) is 72.5 Å². The van der Waals surface area contributed by atoms with Gasteiger partial charge in [0, 0.05) is 29.4 Å². The predicted octanol–water partition coefficient (Wildman–Crippen LogP) is 5.71. The molecule has 0 aromatic heterocycles. The molecule has 0 radical (unpaired) electrons. The van der Waals surface area contributed by atoms with Gasteiger partial charge in [0.15, 0.2) is 6.29 Å². The van der Waals surface area contributed by atoms with Crippen LogP contribution < -0.4 is 4.74 Å². The molecule has 1 atom stereocenters. The molecule has 172 valence electrons. The molecule has 2 aromatic rings. The van der Waals surface area contributed by atoms with Crippen LogP contribution in [0.15, 0.2) is 42.5 Å². The predicted molar refractivity (Wildman–Crippen MR) is 127 cm³/mol. The summed E-state index contributed by atoms with van der Waals surface area (Å²) in [5, 5.41) is 0. The van der Waals surface area contributed by atoms with E-state index in [4.69, 9.17) is 14.2 Å². The summed E-state index contributed by atoms with van der Waals surface area (Å²) >= 11 is 0. The van der Waals surface area contributed by atoms with Crippen molar-refractivity contribution < 1.29 is 19.0 Å². The third-order valence-electron chi connectivity index (χ3n) is 7.74. The van der Waals surface area contributed by atoms with Gasteiger partial charge in [0.2, 0.25) is 0 Å². The largest absolute Gasteiger partial charge is 0.441 e. The summed E-state index contributed by atoms with van der Waals surface area (Å²) in [7, 11) is 1.61. The first-order valence-electron chi connectivity index (χ1n) is 12.1. The summed E-state index contributed by atoms with van der Waals surface area (Å²) in [6.45, 7) is 1.73. The number of methoxy groups -OCH3 is 1. The number of carbonyl (C=O) groups excluding carboxylic acids is 1. The van der Waals surface area contributed by atoms with Gasteiger partial charge >= 0.3 is 6.48 Å². The van der Waals surface area contributed by atoms with Crippen LogP contribution in [0.5, 0.6) is 5.75 Å². The lowest BCUT2D eigenvalue weighted by molar-refractivity contribution is -0.231. The minimum Gasteiger partial charge on any atom is -0.441 e. The second-order valence-electron chi connectivity index (χ2n) is 9.96. The quantitative estimate of drug-likeness (QED) is 0.312. The minimum atomic E-state index is -0.723. The average molecular weight is 445 g/mol. The summed E-state index contributed by atoms with van der Waals surface area (Å²) in [4.78, 5) is 11.4. The lowest BCUT2D eigenvalue weighted by Gasteiger charge is -2.57. The molecule has 4 heteroatoms. The maximum absolute atomic E-state index is 11.4. The van der Waals surface area contributed by atoms with Crippen LogP contribution in [0.2, 0.25) is 0 Å². The standard InChI is InChI=1S/C29H32O4/c1-3-32-28(31-2)33-27-11-9-20(8-10-24-6-4-5-7-25(24)19-30)15-26(27)29-16-21-12-22(17-29)14-23(13-21)18-29/h4-7,9,11,15,19,21-23,28H,3,12-14,16-18H2,1-2H3. The SMILES string of the molecule is CCOC(OC)Oc1ccc(C#Cc2ccccc2C=O)cc1C12CC3CC(CC(C3)C1)C2. The van der Waals surface area contributed by atoms with E-state index in [1.165, 1.54) is 44.1 Å². The van der Waals surface area contributed by atoms with Gasteiger partial charge in [-0.15, -0.1) is 0 Å². The summed E-state index contributed by atoms with van der Waals surface area (Å²) in [6, 6.07) is 13.7. The Balaban J connectivity index is 1.53. The molecule has 4 bridgehead atoms. The van der Waals surface area contributed by atoms with Crippen molar-refractivity contribution in [2.75, 3.05) is 13.7 Å². The van der Waals surface area contributed by atoms with Crippen molar-refractivity contribution in [1.82, 2.24) is 0 Å². The maximum Gasteiger partial charge on any atom is 0.315 e. The van der Waals surface area contributed by atoms with Gasteiger partial charge in [-0.05, 0) is 92.9 Å². The van der Waals surface area contributed by atoms with E-state index in [9.17, 15) is 4.79 Å². The fraction of sp³-hybridized carbons (Fsp3) is 0.483. The summed E-state index contributed by atoms with van der Waals surface area (Å²) in [5.74, 6) is 9.81. The number of benzene rings is 2. The van der Waals surface area contributed by atoms with Gasteiger partial charge in [0.1, 0.15) is 5.75 Å². The van der Waals surface area contributed by atoms with Gasteiger partial charge in [-0.3, -0.25) is 4.79 Å². The van der Waals surface area contributed by atoms with Crippen LogP contribution in [0.25, 0.3) is 0 Å². The fourth-order valence-electron chi connectivity index (χ4n) is 6.81. The summed E-state index contributed by atoms with van der Waals surface area (Å²) in [6.07, 6.45) is 8.71. The van der Waals surface area contributed by atoms with Crippen molar-refractivity contribution in [2.45, 2.75) is 57.3 Å². The molecule has 0 heterocycles. The monoisotopic (exact) mass is 444 g/mol. The van der Waals surface area contributed by atoms with E-state index in [0.29, 0.717) is 12.2 Å². The Kier molecular flexibility index (Phi) is 6.27. The van der Waals surface area contributed by atoms with Crippen molar-refractivity contribution in [2.24, 2.45) is 17.8 Å². The topological polar surface area (TPSA) is 44.8 Å². The van der Waals surface area contributed by atoms with Crippen molar-refractivity contribution in [3.8, 4) is 17.6 Å². The molecule has 0 aliphatic heterocycles. The molecule has 0 spiro atoms. The minimum absolute atomic E-state index is 0.146. The Morgan fingerprint density at radius 1 is 1.03 bits per heavy atom. The first kappa shape index (κ1) is 22.2. The molecular formula is C29H32O4. The van der Waals surface area contributed by atoms with Crippen LogP contribution in [-0.4, -0.2) is 26.5 Å². The van der Waals surface area contributed by atoms with E-state index < -0.39 is 6.48 Å². The number of aldehydes is 1. The first-order chi connectivity index (χ1) is 16.1. The summed E-state index contributed by atoms with van der Waals surface area (Å²) in [5.41, 5.74) is 3.70. The number of rotatable bonds is 7. The van der Waals surface area contributed by atoms with Gasteiger partial charge in [-0.1, -0.05) is 30.0 Å². The maximum atomic E-state index is 11.4. The lowest BCUT2D eigenvalue weighted by Crippen LogP contribution is -2.48. The number of ether oxygens (including phenoxy) is 3. The molecule has 4 saturated carbocycles. The molecule has 4 nitrogen and oxygen atoms in total. The van der Waals surface area contributed by atoms with Crippen molar-refractivity contribution in [3.63, 3.8) is 0 Å². The van der Waals surface area contributed by atoms with Gasteiger partial charge in [-0.25, -0.2) is 0 Å². The van der Waals surface area contributed by atoms with Crippen molar-refractivity contribution >= 4 is 6.29 Å². The van der Waals surface area contributed by atoms with E-state index in [1.54, 1.807) is 13.2 Å². The zero-order chi connectivity index (χ0) is 22.8. The van der Waals surface area contributed by atoms with Crippen molar-refractivity contribution in [1.29, 1.82) is 0 Å². The van der Waals surface area contributed by atoms with Crippen LogP contribution in [-0.2, 0) is 14.9 Å². The van der Waals surface area contributed by atoms with E-state index in [2.05, 4.69) is 17.9 Å². The van der Waals surface area contributed by atoms with Gasteiger partial charge in [0.25, 0.3) is 0 Å². The molecule has 1 unspecified atom stereocenters. The van der Waals surface area contributed by atoms with Crippen LogP contribution >= 0.6 is 0 Å². The smallest absolute Gasteiger partial charge is 0.315 e. The Morgan fingerprint density at radius 3 is 2.36 bits per heavy atom. The Bertz CT molecular complexity index is 1040. The van der Waals surface area contributed by atoms with E-state index in [-0.39, 0.29) is 5.41 Å². The van der Waals surface area contributed by atoms with Crippen molar-refractivity contribution in [3.05, 3.63) is 64.7 Å². The second kappa shape index (κ2) is 9.33. The molecular weight excluding hydrogens is 412 g/mol. The number of hydrogen-bond acceptors (Lipinski definition) is 4. The Hall–Kier alpha value is -2.61. The number of hydrogen-bond donors (Lipinski definition) is 0. The first-order valence-corrected chi connectivity index (χ1v) is 12.1. The molecule has 4 fully saturated rings. The third-order valence-corrected chi connectivity index (χ3v) is 7.74. The summed E-state index contributed by atoms with van der Waals surface area (Å²) < 4.78 is 17.3. The highest BCUT2D eigenvalue weighted by Gasteiger charge is 2.52. The van der Waals surface area contributed by atoms with E-state index >= 15 is 0 Å². The molecule has 6 rings (SSSR count). The second-order valence-corrected chi connectivity index (χ2v) is 9.96. The van der Waals surface area contributed by atoms with Gasteiger partial charge in [0.05, 0.1) is 6.61 Å².